The quantitative estimate of drug-likeness (QED) is 0.0146. The highest BCUT2D eigenvalue weighted by atomic mass is 31.2. The number of hydrogen-bond acceptors (Lipinski definition) is 14. The van der Waals surface area contributed by atoms with Crippen LogP contribution in [0.1, 0.15) is 406 Å². The molecule has 18 heteroatoms. The average molecular weight is 1650 g/mol. The molecule has 0 spiro atoms. The fourth-order valence-corrected chi connectivity index (χ4v) is 14.4. The maximum Gasteiger partial charge on any atom is 0.472 e. The highest BCUT2D eigenvalue weighted by Gasteiger charge is 2.29. The van der Waals surface area contributed by atoms with Crippen molar-refractivity contribution in [2.75, 3.05) is 39.6 Å². The van der Waals surface area contributed by atoms with Crippen LogP contribution in [0.4, 0.5) is 0 Å². The second-order valence-corrected chi connectivity index (χ2v) is 34.0. The van der Waals surface area contributed by atoms with Crippen molar-refractivity contribution < 1.29 is 75.8 Å². The van der Waals surface area contributed by atoms with Gasteiger partial charge in [0, 0.05) is 19.3 Å². The lowest BCUT2D eigenvalue weighted by atomic mass is 10.0. The van der Waals surface area contributed by atoms with Crippen LogP contribution < -0.4 is 0 Å². The Morgan fingerprint density at radius 3 is 0.757 bits per heavy atom. The van der Waals surface area contributed by atoms with E-state index in [0.717, 1.165) is 148 Å². The Kier molecular flexibility index (Phi) is 85.6. The van der Waals surface area contributed by atoms with Gasteiger partial charge in [-0.05, 0) is 141 Å². The van der Waals surface area contributed by atoms with Gasteiger partial charge in [0.2, 0.25) is 0 Å². The lowest BCUT2D eigenvalue weighted by Crippen LogP contribution is -2.30. The van der Waals surface area contributed by atoms with Gasteiger partial charge in [-0.1, -0.05) is 379 Å². The molecule has 0 aromatic rings. The van der Waals surface area contributed by atoms with Crippen LogP contribution in [0.3, 0.4) is 0 Å². The standard InChI is InChI=1S/C97H170O16P2/c1-4-7-10-13-16-19-22-25-27-29-31-33-35-37-39-41-43-44-45-46-48-50-51-53-55-57-59-61-63-66-68-71-74-77-80-83-95(100)107-86-92(98)87-109-114(103,104)110-88-93(99)89-111-115(105,106)112-91-94(113-97(102)85-82-79-76-73-70-65-24-21-18-15-12-9-6-3)90-108-96(101)84-81-78-75-72-69-67-64-62-60-58-56-54-52-49-47-42-40-38-36-34-32-30-28-26-23-20-17-14-11-8-5-2/h8,11,16-17,19-21,24-28,31-34,37-40,47,49,92-94,98-99H,4-7,9-10,12-15,18,22-23,29-30,35-36,41-46,48,50-91H2,1-3H3,(H,103,104)(H,105,106)/b11-8-,19-16-,20-17-,24-21-,27-25-,28-26-,33-31-,34-32-,39-37-,40-38-,49-47-. The Hall–Kier alpha value is -4.31. The first-order chi connectivity index (χ1) is 56.2. The van der Waals surface area contributed by atoms with Crippen LogP contribution in [0.25, 0.3) is 0 Å². The molecular formula is C97H170O16P2. The van der Waals surface area contributed by atoms with Gasteiger partial charge in [0.05, 0.1) is 26.4 Å². The summed E-state index contributed by atoms with van der Waals surface area (Å²) in [5, 5.41) is 20.7. The van der Waals surface area contributed by atoms with E-state index in [1.807, 2.05) is 0 Å². The van der Waals surface area contributed by atoms with Gasteiger partial charge in [0.25, 0.3) is 0 Å². The highest BCUT2D eigenvalue weighted by molar-refractivity contribution is 7.47. The summed E-state index contributed by atoms with van der Waals surface area (Å²) >= 11 is 0. The Balaban J connectivity index is 4.38. The van der Waals surface area contributed by atoms with Crippen LogP contribution in [0.15, 0.2) is 134 Å². The van der Waals surface area contributed by atoms with Gasteiger partial charge in [0.15, 0.2) is 6.10 Å². The van der Waals surface area contributed by atoms with Gasteiger partial charge < -0.3 is 34.2 Å². The molecule has 0 aliphatic heterocycles. The molecular weight excluding hydrogens is 1480 g/mol. The predicted octanol–water partition coefficient (Wildman–Crippen LogP) is 28.6. The molecule has 115 heavy (non-hydrogen) atoms. The van der Waals surface area contributed by atoms with E-state index in [2.05, 4.69) is 154 Å². The fourth-order valence-electron chi connectivity index (χ4n) is 12.8. The molecule has 0 fully saturated rings. The normalized spacial score (nSPS) is 14.4. The molecule has 0 bridgehead atoms. The van der Waals surface area contributed by atoms with E-state index in [0.29, 0.717) is 19.3 Å². The molecule has 16 nitrogen and oxygen atoms in total. The molecule has 0 amide bonds. The van der Waals surface area contributed by atoms with Crippen molar-refractivity contribution in [3.63, 3.8) is 0 Å². The number of hydrogen-bond donors (Lipinski definition) is 4. The highest BCUT2D eigenvalue weighted by Crippen LogP contribution is 2.45. The number of aliphatic hydroxyl groups excluding tert-OH is 2. The number of ether oxygens (including phenoxy) is 3. The zero-order chi connectivity index (χ0) is 83.6. The molecule has 0 aliphatic carbocycles. The Morgan fingerprint density at radius 1 is 0.252 bits per heavy atom. The van der Waals surface area contributed by atoms with Crippen molar-refractivity contribution >= 4 is 33.6 Å². The first-order valence-corrected chi connectivity index (χ1v) is 49.5. The van der Waals surface area contributed by atoms with Crippen molar-refractivity contribution in [1.82, 2.24) is 0 Å². The first-order valence-electron chi connectivity index (χ1n) is 46.5. The van der Waals surface area contributed by atoms with Gasteiger partial charge in [-0.15, -0.1) is 0 Å². The van der Waals surface area contributed by atoms with Crippen molar-refractivity contribution in [2.45, 2.75) is 424 Å². The molecule has 0 saturated carbocycles. The third kappa shape index (κ3) is 90.3. The summed E-state index contributed by atoms with van der Waals surface area (Å²) in [6, 6.07) is 0. The van der Waals surface area contributed by atoms with Crippen molar-refractivity contribution in [3.8, 4) is 0 Å². The summed E-state index contributed by atoms with van der Waals surface area (Å²) in [5.41, 5.74) is 0. The number of carbonyl (C=O) groups excluding carboxylic acids is 3. The van der Waals surface area contributed by atoms with E-state index < -0.39 is 91.5 Å². The van der Waals surface area contributed by atoms with Crippen molar-refractivity contribution in [3.05, 3.63) is 134 Å². The second kappa shape index (κ2) is 89.0. The number of phosphoric ester groups is 2. The smallest absolute Gasteiger partial charge is 0.463 e. The minimum absolute atomic E-state index is 0.0939. The summed E-state index contributed by atoms with van der Waals surface area (Å²) in [5.74, 6) is -1.57. The van der Waals surface area contributed by atoms with Gasteiger partial charge in [-0.25, -0.2) is 9.13 Å². The third-order valence-corrected chi connectivity index (χ3v) is 21.7. The van der Waals surface area contributed by atoms with E-state index >= 15 is 0 Å². The van der Waals surface area contributed by atoms with Gasteiger partial charge >= 0.3 is 33.6 Å². The topological polar surface area (TPSA) is 231 Å². The molecule has 5 unspecified atom stereocenters. The molecule has 0 aromatic heterocycles. The molecule has 0 saturated heterocycles. The summed E-state index contributed by atoms with van der Waals surface area (Å²) in [4.78, 5) is 58.8. The van der Waals surface area contributed by atoms with Gasteiger partial charge in [-0.2, -0.15) is 0 Å². The largest absolute Gasteiger partial charge is 0.472 e. The number of unbranched alkanes of at least 4 members (excludes halogenated alkanes) is 43. The van der Waals surface area contributed by atoms with E-state index in [9.17, 15) is 43.5 Å². The molecule has 5 atom stereocenters. The first kappa shape index (κ1) is 111. The molecule has 664 valence electrons. The number of rotatable bonds is 88. The van der Waals surface area contributed by atoms with E-state index in [1.165, 1.54) is 199 Å². The summed E-state index contributed by atoms with van der Waals surface area (Å²) in [7, 11) is -9.80. The molecule has 0 rings (SSSR count). The SMILES string of the molecule is CC/C=C\C/C=C\C/C=C\C/C=C\C/C=C\C/C=C\CCCCCCCCCCCCCCC(=O)OCC(COP(=O)(O)OCC(O)COP(=O)(O)OCC(O)COC(=O)CCCCCCCCCCCCCCCCCCCCC/C=C\C/C=C\C/C=C\C/C=C\CCCCC)OC(=O)CCCCCCC/C=C\CCCCCC. The van der Waals surface area contributed by atoms with Crippen LogP contribution in [0.2, 0.25) is 0 Å². The number of esters is 3. The van der Waals surface area contributed by atoms with Crippen molar-refractivity contribution in [1.29, 1.82) is 0 Å². The van der Waals surface area contributed by atoms with Crippen LogP contribution >= 0.6 is 15.6 Å². The van der Waals surface area contributed by atoms with Crippen LogP contribution in [-0.2, 0) is 55.8 Å². The maximum atomic E-state index is 13.0. The Labute approximate surface area is 703 Å². The van der Waals surface area contributed by atoms with Crippen LogP contribution in [0, 0.1) is 0 Å². The summed E-state index contributed by atoms with van der Waals surface area (Å²) < 4.78 is 61.4. The predicted molar refractivity (Wildman–Crippen MR) is 482 cm³/mol. The molecule has 0 aromatic carbocycles. The summed E-state index contributed by atoms with van der Waals surface area (Å²) in [6.45, 7) is 2.57. The Bertz CT molecular complexity index is 2620. The fraction of sp³-hybridized carbons (Fsp3) is 0.742. The lowest BCUT2D eigenvalue weighted by Gasteiger charge is -2.21. The number of allylic oxidation sites excluding steroid dienone is 22. The minimum atomic E-state index is -4.94. The monoisotopic (exact) mass is 1650 g/mol. The third-order valence-electron chi connectivity index (χ3n) is 19.8. The van der Waals surface area contributed by atoms with Crippen LogP contribution in [-0.4, -0.2) is 95.9 Å². The maximum absolute atomic E-state index is 13.0. The average Bonchev–Trinajstić information content (AvgIpc) is 0.885. The van der Waals surface area contributed by atoms with E-state index in [4.69, 9.17) is 32.3 Å². The second-order valence-electron chi connectivity index (χ2n) is 31.1. The van der Waals surface area contributed by atoms with Crippen LogP contribution in [0.5, 0.6) is 0 Å². The van der Waals surface area contributed by atoms with E-state index in [-0.39, 0.29) is 19.3 Å². The minimum Gasteiger partial charge on any atom is -0.463 e. The number of aliphatic hydroxyl groups is 2. The molecule has 4 N–H and O–H groups in total. The molecule has 0 radical (unpaired) electrons. The molecule has 0 heterocycles. The molecule has 0 aliphatic rings. The number of carbonyl (C=O) groups is 3. The Morgan fingerprint density at radius 2 is 0.461 bits per heavy atom. The van der Waals surface area contributed by atoms with E-state index in [1.54, 1.807) is 0 Å². The zero-order valence-electron chi connectivity index (χ0n) is 73.2. The van der Waals surface area contributed by atoms with Gasteiger partial charge in [0.1, 0.15) is 25.4 Å². The zero-order valence-corrected chi connectivity index (χ0v) is 75.0. The van der Waals surface area contributed by atoms with Crippen molar-refractivity contribution in [2.24, 2.45) is 0 Å². The summed E-state index contributed by atoms with van der Waals surface area (Å²) in [6.07, 6.45) is 111. The number of phosphoric acid groups is 2. The van der Waals surface area contributed by atoms with Gasteiger partial charge in [-0.3, -0.25) is 32.5 Å². The lowest BCUT2D eigenvalue weighted by molar-refractivity contribution is -0.161.